The Kier molecular flexibility index (Phi) is 5.67. The summed E-state index contributed by atoms with van der Waals surface area (Å²) in [5.41, 5.74) is 3.69. The van der Waals surface area contributed by atoms with Crippen LogP contribution in [-0.4, -0.2) is 25.0 Å². The Bertz CT molecular complexity index is 996. The van der Waals surface area contributed by atoms with Crippen LogP contribution in [-0.2, 0) is 16.1 Å². The molecule has 5 nitrogen and oxygen atoms in total. The predicted molar refractivity (Wildman–Crippen MR) is 114 cm³/mol. The SMILES string of the molecule is O=C(/C=C/C1=Cc2cc(Cl)ccc2OC1)NCc1ccc(N2CCCC2=O)cc1. The molecule has 0 radical (unpaired) electrons. The van der Waals surface area contributed by atoms with Crippen LogP contribution < -0.4 is 15.0 Å². The number of benzene rings is 2. The van der Waals surface area contributed by atoms with Gasteiger partial charge in [-0.15, -0.1) is 0 Å². The molecule has 2 aromatic rings. The Labute approximate surface area is 174 Å². The Morgan fingerprint density at radius 3 is 2.79 bits per heavy atom. The van der Waals surface area contributed by atoms with Crippen molar-refractivity contribution in [2.75, 3.05) is 18.1 Å². The minimum absolute atomic E-state index is 0.169. The summed E-state index contributed by atoms with van der Waals surface area (Å²) in [6.07, 6.45) is 6.74. The molecule has 2 aliphatic rings. The van der Waals surface area contributed by atoms with Crippen LogP contribution in [0.4, 0.5) is 5.69 Å². The van der Waals surface area contributed by atoms with Crippen LogP contribution in [0, 0.1) is 0 Å². The molecule has 1 saturated heterocycles. The van der Waals surface area contributed by atoms with Crippen LogP contribution in [0.3, 0.4) is 0 Å². The fourth-order valence-corrected chi connectivity index (χ4v) is 3.59. The molecule has 0 bridgehead atoms. The number of rotatable bonds is 5. The van der Waals surface area contributed by atoms with E-state index in [-0.39, 0.29) is 11.8 Å². The molecule has 6 heteroatoms. The number of amides is 2. The van der Waals surface area contributed by atoms with Crippen molar-refractivity contribution in [3.05, 3.63) is 76.3 Å². The Morgan fingerprint density at radius 2 is 2.03 bits per heavy atom. The van der Waals surface area contributed by atoms with Gasteiger partial charge >= 0.3 is 0 Å². The van der Waals surface area contributed by atoms with Crippen molar-refractivity contribution in [1.82, 2.24) is 5.32 Å². The normalized spacial score (nSPS) is 15.8. The second-order valence-electron chi connectivity index (χ2n) is 7.06. The van der Waals surface area contributed by atoms with Gasteiger partial charge in [0.15, 0.2) is 0 Å². The van der Waals surface area contributed by atoms with Gasteiger partial charge in [0.2, 0.25) is 11.8 Å². The first-order valence-electron chi connectivity index (χ1n) is 9.57. The van der Waals surface area contributed by atoms with E-state index in [0.29, 0.717) is 24.6 Å². The lowest BCUT2D eigenvalue weighted by atomic mass is 10.1. The molecule has 2 heterocycles. The standard InChI is InChI=1S/C23H21ClN2O3/c24-19-6-9-21-18(13-19)12-17(15-29-21)5-10-22(27)25-14-16-3-7-20(8-4-16)26-11-1-2-23(26)28/h3-10,12-13H,1-2,11,14-15H2,(H,25,27)/b10-5+. The van der Waals surface area contributed by atoms with Crippen molar-refractivity contribution in [2.24, 2.45) is 0 Å². The van der Waals surface area contributed by atoms with Gasteiger partial charge in [0.05, 0.1) is 0 Å². The van der Waals surface area contributed by atoms with Crippen LogP contribution in [0.25, 0.3) is 6.08 Å². The number of anilines is 1. The number of carbonyl (C=O) groups excluding carboxylic acids is 2. The van der Waals surface area contributed by atoms with Crippen molar-refractivity contribution < 1.29 is 14.3 Å². The summed E-state index contributed by atoms with van der Waals surface area (Å²) in [5.74, 6) is 0.777. The van der Waals surface area contributed by atoms with Crippen molar-refractivity contribution >= 4 is 35.2 Å². The van der Waals surface area contributed by atoms with Gasteiger partial charge in [-0.25, -0.2) is 0 Å². The largest absolute Gasteiger partial charge is 0.488 e. The quantitative estimate of drug-likeness (QED) is 0.757. The van der Waals surface area contributed by atoms with Gasteiger partial charge < -0.3 is 15.0 Å². The first kappa shape index (κ1) is 19.3. The molecular formula is C23H21ClN2O3. The molecule has 2 amide bonds. The van der Waals surface area contributed by atoms with E-state index in [1.54, 1.807) is 17.0 Å². The highest BCUT2D eigenvalue weighted by Gasteiger charge is 2.21. The van der Waals surface area contributed by atoms with Crippen LogP contribution in [0.2, 0.25) is 5.02 Å². The summed E-state index contributed by atoms with van der Waals surface area (Å²) in [7, 11) is 0. The first-order valence-corrected chi connectivity index (χ1v) is 9.94. The van der Waals surface area contributed by atoms with Gasteiger partial charge in [-0.1, -0.05) is 29.8 Å². The van der Waals surface area contributed by atoms with Crippen molar-refractivity contribution in [1.29, 1.82) is 0 Å². The maximum atomic E-state index is 12.1. The summed E-state index contributed by atoms with van der Waals surface area (Å²) < 4.78 is 5.68. The molecule has 0 atom stereocenters. The summed E-state index contributed by atoms with van der Waals surface area (Å²) in [6.45, 7) is 1.61. The average Bonchev–Trinajstić information content (AvgIpc) is 3.16. The highest BCUT2D eigenvalue weighted by Crippen LogP contribution is 2.29. The van der Waals surface area contributed by atoms with E-state index in [1.807, 2.05) is 42.5 Å². The minimum atomic E-state index is -0.179. The molecule has 148 valence electrons. The van der Waals surface area contributed by atoms with Gasteiger partial charge in [-0.3, -0.25) is 9.59 Å². The molecule has 2 aliphatic heterocycles. The molecule has 1 N–H and O–H groups in total. The fourth-order valence-electron chi connectivity index (χ4n) is 3.41. The van der Waals surface area contributed by atoms with Crippen molar-refractivity contribution in [2.45, 2.75) is 19.4 Å². The third-order valence-corrected chi connectivity index (χ3v) is 5.18. The number of ether oxygens (including phenoxy) is 1. The van der Waals surface area contributed by atoms with Gasteiger partial charge in [0.1, 0.15) is 12.4 Å². The first-order chi connectivity index (χ1) is 14.1. The van der Waals surface area contributed by atoms with E-state index in [9.17, 15) is 9.59 Å². The summed E-state index contributed by atoms with van der Waals surface area (Å²) in [5, 5.41) is 3.51. The van der Waals surface area contributed by atoms with E-state index in [0.717, 1.165) is 41.1 Å². The Balaban J connectivity index is 1.31. The van der Waals surface area contributed by atoms with Crippen molar-refractivity contribution in [3.63, 3.8) is 0 Å². The van der Waals surface area contributed by atoms with E-state index in [4.69, 9.17) is 16.3 Å². The number of nitrogens with one attached hydrogen (secondary N) is 1. The molecular weight excluding hydrogens is 388 g/mol. The molecule has 0 aliphatic carbocycles. The molecule has 29 heavy (non-hydrogen) atoms. The molecule has 0 aromatic heterocycles. The Hall–Kier alpha value is -3.05. The number of fused-ring (bicyclic) bond motifs is 1. The summed E-state index contributed by atoms with van der Waals surface area (Å²) >= 11 is 6.02. The highest BCUT2D eigenvalue weighted by atomic mass is 35.5. The van der Waals surface area contributed by atoms with Gasteiger partial charge in [-0.05, 0) is 54.0 Å². The molecule has 1 fully saturated rings. The van der Waals surface area contributed by atoms with Gasteiger partial charge in [0, 0.05) is 41.9 Å². The lowest BCUT2D eigenvalue weighted by Gasteiger charge is -2.16. The third kappa shape index (κ3) is 4.69. The molecule has 0 spiro atoms. The number of halogens is 1. The van der Waals surface area contributed by atoms with Crippen LogP contribution in [0.1, 0.15) is 24.0 Å². The zero-order chi connectivity index (χ0) is 20.2. The van der Waals surface area contributed by atoms with Gasteiger partial charge in [0.25, 0.3) is 0 Å². The van der Waals surface area contributed by atoms with E-state index in [2.05, 4.69) is 5.32 Å². The lowest BCUT2D eigenvalue weighted by molar-refractivity contribution is -0.117. The van der Waals surface area contributed by atoms with E-state index < -0.39 is 0 Å². The zero-order valence-corrected chi connectivity index (χ0v) is 16.6. The summed E-state index contributed by atoms with van der Waals surface area (Å²) in [6, 6.07) is 13.2. The molecule has 4 rings (SSSR count). The van der Waals surface area contributed by atoms with Crippen molar-refractivity contribution in [3.8, 4) is 5.75 Å². The molecule has 2 aromatic carbocycles. The predicted octanol–water partition coefficient (Wildman–Crippen LogP) is 4.12. The molecule has 0 unspecified atom stereocenters. The van der Waals surface area contributed by atoms with Crippen LogP contribution >= 0.6 is 11.6 Å². The lowest BCUT2D eigenvalue weighted by Crippen LogP contribution is -2.24. The van der Waals surface area contributed by atoms with E-state index in [1.165, 1.54) is 6.08 Å². The second-order valence-corrected chi connectivity index (χ2v) is 7.49. The third-order valence-electron chi connectivity index (χ3n) is 4.94. The summed E-state index contributed by atoms with van der Waals surface area (Å²) in [4.78, 5) is 25.7. The van der Waals surface area contributed by atoms with Crippen LogP contribution in [0.5, 0.6) is 5.75 Å². The average molecular weight is 409 g/mol. The molecule has 0 saturated carbocycles. The van der Waals surface area contributed by atoms with Gasteiger partial charge in [-0.2, -0.15) is 0 Å². The maximum absolute atomic E-state index is 12.1. The smallest absolute Gasteiger partial charge is 0.244 e. The van der Waals surface area contributed by atoms with Crippen LogP contribution in [0.15, 0.2) is 60.2 Å². The maximum Gasteiger partial charge on any atom is 0.244 e. The highest BCUT2D eigenvalue weighted by molar-refractivity contribution is 6.30. The second kappa shape index (κ2) is 8.53. The Morgan fingerprint density at radius 1 is 1.21 bits per heavy atom. The number of hydrogen-bond donors (Lipinski definition) is 1. The number of nitrogens with zero attached hydrogens (tertiary/aromatic N) is 1. The van der Waals surface area contributed by atoms with E-state index >= 15 is 0 Å². The monoisotopic (exact) mass is 408 g/mol. The zero-order valence-electron chi connectivity index (χ0n) is 15.9. The minimum Gasteiger partial charge on any atom is -0.488 e. The topological polar surface area (TPSA) is 58.6 Å². The fraction of sp³-hybridized carbons (Fsp3) is 0.217. The number of hydrogen-bond acceptors (Lipinski definition) is 3. The number of carbonyl (C=O) groups is 2.